The number of morpholine rings is 1. The lowest BCUT2D eigenvalue weighted by atomic mass is 10.1. The summed E-state index contributed by atoms with van der Waals surface area (Å²) in [4.78, 5) is 14.7. The van der Waals surface area contributed by atoms with E-state index in [4.69, 9.17) is 9.15 Å². The Morgan fingerprint density at radius 1 is 1.13 bits per heavy atom. The minimum atomic E-state index is -0.183. The SMILES string of the molecule is Cc1ccc(C(CNC(=O)NCCc2cnn(-c3ccccc3)c2)N2CCOCC2)o1. The van der Waals surface area contributed by atoms with Crippen molar-refractivity contribution in [1.82, 2.24) is 25.3 Å². The number of benzene rings is 1. The molecule has 1 saturated heterocycles. The lowest BCUT2D eigenvalue weighted by Crippen LogP contribution is -2.45. The predicted molar refractivity (Wildman–Crippen MR) is 117 cm³/mol. The molecule has 0 spiro atoms. The highest BCUT2D eigenvalue weighted by molar-refractivity contribution is 5.73. The number of aromatic nitrogens is 2. The van der Waals surface area contributed by atoms with Gasteiger partial charge in [0.2, 0.25) is 0 Å². The van der Waals surface area contributed by atoms with E-state index >= 15 is 0 Å². The van der Waals surface area contributed by atoms with E-state index in [2.05, 4.69) is 20.6 Å². The monoisotopic (exact) mass is 423 g/mol. The summed E-state index contributed by atoms with van der Waals surface area (Å²) in [7, 11) is 0. The number of aryl methyl sites for hydroxylation is 1. The Morgan fingerprint density at radius 3 is 2.68 bits per heavy atom. The maximum atomic E-state index is 12.4. The zero-order chi connectivity index (χ0) is 21.5. The standard InChI is InChI=1S/C23H29N5O3/c1-18-7-8-22(31-18)21(27-11-13-30-14-12-27)16-25-23(29)24-10-9-19-15-26-28(17-19)20-5-3-2-4-6-20/h2-8,15,17,21H,9-14,16H2,1H3,(H2,24,25,29). The third-order valence-corrected chi connectivity index (χ3v) is 5.39. The molecule has 0 saturated carbocycles. The summed E-state index contributed by atoms with van der Waals surface area (Å²) in [5.74, 6) is 1.74. The zero-order valence-corrected chi connectivity index (χ0v) is 17.8. The average molecular weight is 424 g/mol. The topological polar surface area (TPSA) is 84.6 Å². The molecule has 3 heterocycles. The van der Waals surface area contributed by atoms with Crippen molar-refractivity contribution in [1.29, 1.82) is 0 Å². The molecule has 0 bridgehead atoms. The van der Waals surface area contributed by atoms with Crippen LogP contribution in [0.25, 0.3) is 5.69 Å². The molecule has 31 heavy (non-hydrogen) atoms. The van der Waals surface area contributed by atoms with Crippen LogP contribution in [0, 0.1) is 6.92 Å². The van der Waals surface area contributed by atoms with Crippen LogP contribution >= 0.6 is 0 Å². The average Bonchev–Trinajstić information content (AvgIpc) is 3.45. The maximum Gasteiger partial charge on any atom is 0.314 e. The van der Waals surface area contributed by atoms with Crippen LogP contribution in [0.2, 0.25) is 0 Å². The van der Waals surface area contributed by atoms with Gasteiger partial charge >= 0.3 is 6.03 Å². The minimum absolute atomic E-state index is 0.00699. The molecule has 1 fully saturated rings. The first-order chi connectivity index (χ1) is 15.2. The van der Waals surface area contributed by atoms with Crippen molar-refractivity contribution in [2.45, 2.75) is 19.4 Å². The number of para-hydroxylation sites is 1. The highest BCUT2D eigenvalue weighted by Gasteiger charge is 2.25. The van der Waals surface area contributed by atoms with Crippen molar-refractivity contribution in [3.63, 3.8) is 0 Å². The van der Waals surface area contributed by atoms with Crippen LogP contribution in [0.1, 0.15) is 23.1 Å². The van der Waals surface area contributed by atoms with E-state index in [9.17, 15) is 4.79 Å². The van der Waals surface area contributed by atoms with Crippen molar-refractivity contribution in [3.8, 4) is 5.69 Å². The van der Waals surface area contributed by atoms with Gasteiger partial charge in [-0.25, -0.2) is 9.48 Å². The van der Waals surface area contributed by atoms with E-state index in [1.165, 1.54) is 0 Å². The Hall–Kier alpha value is -3.10. The Balaban J connectivity index is 1.25. The number of carbonyl (C=O) groups is 1. The van der Waals surface area contributed by atoms with Crippen LogP contribution in [0.4, 0.5) is 4.79 Å². The third-order valence-electron chi connectivity index (χ3n) is 5.39. The molecule has 2 amide bonds. The summed E-state index contributed by atoms with van der Waals surface area (Å²) < 4.78 is 13.1. The first-order valence-electron chi connectivity index (χ1n) is 10.7. The van der Waals surface area contributed by atoms with Gasteiger partial charge in [-0.1, -0.05) is 18.2 Å². The molecule has 1 aromatic carbocycles. The number of carbonyl (C=O) groups excluding carboxylic acids is 1. The van der Waals surface area contributed by atoms with Crippen LogP contribution in [-0.4, -0.2) is 60.1 Å². The van der Waals surface area contributed by atoms with Gasteiger partial charge < -0.3 is 19.8 Å². The molecule has 2 N–H and O–H groups in total. The molecule has 1 unspecified atom stereocenters. The van der Waals surface area contributed by atoms with Gasteiger partial charge in [0.1, 0.15) is 11.5 Å². The molecular formula is C23H29N5O3. The van der Waals surface area contributed by atoms with Gasteiger partial charge in [0, 0.05) is 32.4 Å². The van der Waals surface area contributed by atoms with Crippen LogP contribution in [0.3, 0.4) is 0 Å². The minimum Gasteiger partial charge on any atom is -0.465 e. The Labute approximate surface area is 182 Å². The number of furan rings is 1. The quantitative estimate of drug-likeness (QED) is 0.582. The van der Waals surface area contributed by atoms with Gasteiger partial charge in [-0.05, 0) is 43.2 Å². The number of ether oxygens (including phenoxy) is 1. The summed E-state index contributed by atoms with van der Waals surface area (Å²) in [5, 5.41) is 10.3. The highest BCUT2D eigenvalue weighted by atomic mass is 16.5. The molecule has 1 atom stereocenters. The number of hydrogen-bond acceptors (Lipinski definition) is 5. The van der Waals surface area contributed by atoms with Gasteiger partial charge in [0.15, 0.2) is 0 Å². The molecular weight excluding hydrogens is 394 g/mol. The predicted octanol–water partition coefficient (Wildman–Crippen LogP) is 2.69. The summed E-state index contributed by atoms with van der Waals surface area (Å²) >= 11 is 0. The number of nitrogens with zero attached hydrogens (tertiary/aromatic N) is 3. The molecule has 8 heteroatoms. The van der Waals surface area contributed by atoms with Gasteiger partial charge in [-0.3, -0.25) is 4.90 Å². The van der Waals surface area contributed by atoms with Gasteiger partial charge in [0.05, 0.1) is 31.1 Å². The van der Waals surface area contributed by atoms with E-state index in [1.807, 2.05) is 66.5 Å². The largest absolute Gasteiger partial charge is 0.465 e. The van der Waals surface area contributed by atoms with Crippen molar-refractivity contribution in [2.75, 3.05) is 39.4 Å². The van der Waals surface area contributed by atoms with E-state index in [1.54, 1.807) is 0 Å². The van der Waals surface area contributed by atoms with Gasteiger partial charge in [-0.2, -0.15) is 5.10 Å². The zero-order valence-electron chi connectivity index (χ0n) is 17.8. The number of nitrogens with one attached hydrogen (secondary N) is 2. The lowest BCUT2D eigenvalue weighted by Gasteiger charge is -2.33. The molecule has 3 aromatic rings. The van der Waals surface area contributed by atoms with E-state index < -0.39 is 0 Å². The molecule has 1 aliphatic rings. The number of rotatable bonds is 8. The summed E-state index contributed by atoms with van der Waals surface area (Å²) in [5.41, 5.74) is 2.09. The number of hydrogen-bond donors (Lipinski definition) is 2. The fourth-order valence-corrected chi connectivity index (χ4v) is 3.71. The van der Waals surface area contributed by atoms with Crippen molar-refractivity contribution >= 4 is 6.03 Å². The van der Waals surface area contributed by atoms with Crippen molar-refractivity contribution in [2.24, 2.45) is 0 Å². The van der Waals surface area contributed by atoms with Gasteiger partial charge in [0.25, 0.3) is 0 Å². The second kappa shape index (κ2) is 10.3. The Kier molecular flexibility index (Phi) is 7.01. The van der Waals surface area contributed by atoms with Crippen LogP contribution in [0.15, 0.2) is 59.3 Å². The molecule has 1 aliphatic heterocycles. The Bertz CT molecular complexity index is 963. The first-order valence-corrected chi connectivity index (χ1v) is 10.7. The Morgan fingerprint density at radius 2 is 1.94 bits per heavy atom. The van der Waals surface area contributed by atoms with E-state index in [0.29, 0.717) is 32.7 Å². The lowest BCUT2D eigenvalue weighted by molar-refractivity contribution is 0.0121. The summed E-state index contributed by atoms with van der Waals surface area (Å²) in [6, 6.07) is 13.7. The molecule has 2 aromatic heterocycles. The molecule has 0 radical (unpaired) electrons. The van der Waals surface area contributed by atoms with E-state index in [0.717, 1.165) is 35.9 Å². The fraction of sp³-hybridized carbons (Fsp3) is 0.391. The molecule has 8 nitrogen and oxygen atoms in total. The molecule has 164 valence electrons. The second-order valence-electron chi connectivity index (χ2n) is 7.63. The fourth-order valence-electron chi connectivity index (χ4n) is 3.71. The summed E-state index contributed by atoms with van der Waals surface area (Å²) in [6.45, 7) is 5.97. The van der Waals surface area contributed by atoms with Crippen LogP contribution in [0.5, 0.6) is 0 Å². The van der Waals surface area contributed by atoms with Gasteiger partial charge in [-0.15, -0.1) is 0 Å². The van der Waals surface area contributed by atoms with Crippen LogP contribution < -0.4 is 10.6 Å². The number of urea groups is 1. The third kappa shape index (κ3) is 5.74. The molecule has 4 rings (SSSR count). The van der Waals surface area contributed by atoms with Crippen LogP contribution in [-0.2, 0) is 11.2 Å². The smallest absolute Gasteiger partial charge is 0.314 e. The van der Waals surface area contributed by atoms with Crippen molar-refractivity contribution in [3.05, 3.63) is 71.9 Å². The molecule has 0 aliphatic carbocycles. The van der Waals surface area contributed by atoms with E-state index in [-0.39, 0.29) is 12.1 Å². The number of amides is 2. The van der Waals surface area contributed by atoms with Crippen molar-refractivity contribution < 1.29 is 13.9 Å². The highest BCUT2D eigenvalue weighted by Crippen LogP contribution is 2.23. The second-order valence-corrected chi connectivity index (χ2v) is 7.63. The first kappa shape index (κ1) is 21.1. The summed E-state index contributed by atoms with van der Waals surface area (Å²) in [6.07, 6.45) is 4.54. The normalized spacial score (nSPS) is 15.5. The maximum absolute atomic E-state index is 12.4.